The molecule has 4 nitrogen and oxygen atoms in total. The first-order valence-corrected chi connectivity index (χ1v) is 11.6. The minimum atomic E-state index is 0. The molecule has 2 aromatic carbocycles. The number of thiophene rings is 1. The molecule has 1 N–H and O–H groups in total. The second kappa shape index (κ2) is 11.1. The van der Waals surface area contributed by atoms with Crippen molar-refractivity contribution in [1.82, 2.24) is 9.97 Å². The van der Waals surface area contributed by atoms with Crippen molar-refractivity contribution in [2.75, 3.05) is 31.1 Å². The van der Waals surface area contributed by atoms with Crippen LogP contribution < -0.4 is 22.2 Å². The topological polar surface area (TPSA) is 33.5 Å². The molecule has 7 heteroatoms. The summed E-state index contributed by atoms with van der Waals surface area (Å²) in [5, 5.41) is 1.21. The highest BCUT2D eigenvalue weighted by Gasteiger charge is 2.31. The highest BCUT2D eigenvalue weighted by molar-refractivity contribution is 7.18. The van der Waals surface area contributed by atoms with Gasteiger partial charge in [-0.3, -0.25) is 0 Å². The van der Waals surface area contributed by atoms with Gasteiger partial charge in [-0.15, -0.1) is 23.7 Å². The molecule has 1 saturated heterocycles. The van der Waals surface area contributed by atoms with Crippen LogP contribution in [0.2, 0.25) is 0 Å². The molecule has 0 atom stereocenters. The van der Waals surface area contributed by atoms with Crippen LogP contribution >= 0.6 is 23.7 Å². The third-order valence-corrected chi connectivity index (χ3v) is 7.27. The lowest BCUT2D eigenvalue weighted by Crippen LogP contribution is -3.15. The molecule has 0 aliphatic carbocycles. The van der Waals surface area contributed by atoms with E-state index >= 15 is 0 Å². The summed E-state index contributed by atoms with van der Waals surface area (Å²) < 4.78 is 0. The molecular formula is C25H28Cl2N4S. The van der Waals surface area contributed by atoms with Gasteiger partial charge < -0.3 is 22.2 Å². The molecule has 0 saturated carbocycles. The fraction of sp³-hybridized carbons (Fsp3) is 0.280. The third kappa shape index (κ3) is 4.91. The Hall–Kier alpha value is -2.18. The standard InChI is InChI=1S/C25H26N4S.2ClH/c1-2-21-17-22-24(26-18-27-25(22)30-21)29-15-13-28(14-16-29)23(19-9-5-3-6-10-19)20-11-7-4-8-12-20;;/h3-12,17-18,23H,2,13-16H2,1H3;2*1H. The molecule has 32 heavy (non-hydrogen) atoms. The number of piperazine rings is 1. The molecule has 1 fully saturated rings. The zero-order valence-electron chi connectivity index (χ0n) is 18.1. The van der Waals surface area contributed by atoms with Gasteiger partial charge in [-0.2, -0.15) is 0 Å². The highest BCUT2D eigenvalue weighted by atomic mass is 35.5. The molecule has 168 valence electrons. The summed E-state index contributed by atoms with van der Waals surface area (Å²) in [4.78, 5) is 15.7. The number of anilines is 1. The van der Waals surface area contributed by atoms with Gasteiger partial charge in [-0.1, -0.05) is 67.6 Å². The van der Waals surface area contributed by atoms with Crippen LogP contribution in [-0.2, 0) is 6.42 Å². The largest absolute Gasteiger partial charge is 1.00 e. The molecule has 1 aliphatic heterocycles. The van der Waals surface area contributed by atoms with E-state index in [4.69, 9.17) is 0 Å². The van der Waals surface area contributed by atoms with Crippen molar-refractivity contribution in [3.05, 3.63) is 89.1 Å². The Labute approximate surface area is 206 Å². The Bertz CT molecular complexity index is 1070. The van der Waals surface area contributed by atoms with Crippen LogP contribution in [0.25, 0.3) is 10.2 Å². The van der Waals surface area contributed by atoms with Crippen molar-refractivity contribution >= 4 is 39.8 Å². The molecule has 0 bridgehead atoms. The van der Waals surface area contributed by atoms with Gasteiger partial charge in [0.05, 0.1) is 31.6 Å². The summed E-state index contributed by atoms with van der Waals surface area (Å²) >= 11 is 1.79. The van der Waals surface area contributed by atoms with Gasteiger partial charge in [0, 0.05) is 16.0 Å². The third-order valence-electron chi connectivity index (χ3n) is 6.09. The lowest BCUT2D eigenvalue weighted by molar-refractivity contribution is -0.926. The Morgan fingerprint density at radius 2 is 1.53 bits per heavy atom. The number of aryl methyl sites for hydroxylation is 1. The molecule has 4 aromatic rings. The van der Waals surface area contributed by atoms with E-state index in [0.717, 1.165) is 43.2 Å². The van der Waals surface area contributed by atoms with Crippen LogP contribution in [0.3, 0.4) is 0 Å². The van der Waals surface area contributed by atoms with E-state index in [0.29, 0.717) is 6.04 Å². The van der Waals surface area contributed by atoms with E-state index in [2.05, 4.69) is 88.5 Å². The van der Waals surface area contributed by atoms with Crippen LogP contribution in [0.4, 0.5) is 5.82 Å². The normalized spacial score (nSPS) is 14.2. The van der Waals surface area contributed by atoms with Crippen molar-refractivity contribution in [1.29, 1.82) is 0 Å². The first-order valence-electron chi connectivity index (χ1n) is 10.8. The summed E-state index contributed by atoms with van der Waals surface area (Å²) in [6, 6.07) is 24.5. The Kier molecular flexibility index (Phi) is 8.49. The zero-order chi connectivity index (χ0) is 20.3. The van der Waals surface area contributed by atoms with E-state index < -0.39 is 0 Å². The van der Waals surface area contributed by atoms with Gasteiger partial charge in [0.2, 0.25) is 0 Å². The number of fused-ring (bicyclic) bond motifs is 1. The maximum Gasteiger partial charge on any atom is 0.141 e. The first-order chi connectivity index (χ1) is 14.8. The predicted molar refractivity (Wildman–Crippen MR) is 132 cm³/mol. The zero-order valence-corrected chi connectivity index (χ0v) is 20.5. The number of nitrogens with one attached hydrogen (secondary N) is 1. The number of nitrogens with zero attached hydrogens (tertiary/aromatic N) is 3. The average Bonchev–Trinajstić information content (AvgIpc) is 3.25. The Balaban J connectivity index is 0.00000144. The van der Waals surface area contributed by atoms with Gasteiger partial charge in [-0.25, -0.2) is 9.97 Å². The summed E-state index contributed by atoms with van der Waals surface area (Å²) in [7, 11) is 0. The molecule has 1 aliphatic rings. The van der Waals surface area contributed by atoms with Crippen molar-refractivity contribution in [3.63, 3.8) is 0 Å². The number of halogens is 2. The monoisotopic (exact) mass is 486 g/mol. The lowest BCUT2D eigenvalue weighted by Gasteiger charge is -2.37. The number of aromatic nitrogens is 2. The lowest BCUT2D eigenvalue weighted by atomic mass is 9.96. The highest BCUT2D eigenvalue weighted by Crippen LogP contribution is 2.30. The second-order valence-corrected chi connectivity index (χ2v) is 9.00. The first kappa shape index (κ1) is 24.5. The SMILES string of the molecule is CCc1cc2c(N3CC[NH+](C(c4ccccc4)c4ccccc4)CC3)ncnc2s1.Cl.[Cl-]. The van der Waals surface area contributed by atoms with Crippen LogP contribution in [-0.4, -0.2) is 36.1 Å². The molecule has 0 radical (unpaired) electrons. The van der Waals surface area contributed by atoms with Gasteiger partial charge in [0.15, 0.2) is 0 Å². The van der Waals surface area contributed by atoms with Crippen LogP contribution in [0.15, 0.2) is 73.1 Å². The van der Waals surface area contributed by atoms with Crippen LogP contribution in [0.5, 0.6) is 0 Å². The molecule has 0 amide bonds. The Morgan fingerprint density at radius 3 is 2.09 bits per heavy atom. The number of hydrogen-bond acceptors (Lipinski definition) is 4. The van der Waals surface area contributed by atoms with E-state index in [1.54, 1.807) is 22.6 Å². The summed E-state index contributed by atoms with van der Waals surface area (Å²) in [6.07, 6.45) is 2.78. The minimum absolute atomic E-state index is 0. The van der Waals surface area contributed by atoms with Gasteiger partial charge in [0.25, 0.3) is 0 Å². The van der Waals surface area contributed by atoms with Crippen molar-refractivity contribution in [2.24, 2.45) is 0 Å². The minimum Gasteiger partial charge on any atom is -1.00 e. The van der Waals surface area contributed by atoms with E-state index in [1.165, 1.54) is 21.4 Å². The van der Waals surface area contributed by atoms with Crippen LogP contribution in [0, 0.1) is 0 Å². The fourth-order valence-corrected chi connectivity index (χ4v) is 5.50. The van der Waals surface area contributed by atoms with Gasteiger partial charge in [0.1, 0.15) is 23.0 Å². The smallest absolute Gasteiger partial charge is 0.141 e. The van der Waals surface area contributed by atoms with E-state index in [1.807, 2.05) is 0 Å². The molecule has 0 spiro atoms. The predicted octanol–water partition coefficient (Wildman–Crippen LogP) is 1.17. The van der Waals surface area contributed by atoms with Gasteiger partial charge in [-0.05, 0) is 12.5 Å². The molecular weight excluding hydrogens is 459 g/mol. The summed E-state index contributed by atoms with van der Waals surface area (Å²) in [6.45, 7) is 6.40. The van der Waals surface area contributed by atoms with Crippen LogP contribution in [0.1, 0.15) is 29.0 Å². The quantitative estimate of drug-likeness (QED) is 0.459. The van der Waals surface area contributed by atoms with Crippen molar-refractivity contribution in [3.8, 4) is 0 Å². The molecule has 2 aromatic heterocycles. The van der Waals surface area contributed by atoms with E-state index in [-0.39, 0.29) is 24.8 Å². The number of quaternary nitrogens is 1. The number of rotatable bonds is 5. The average molecular weight is 488 g/mol. The maximum absolute atomic E-state index is 4.68. The molecule has 3 heterocycles. The van der Waals surface area contributed by atoms with Crippen molar-refractivity contribution in [2.45, 2.75) is 19.4 Å². The maximum atomic E-state index is 4.68. The molecule has 0 unspecified atom stereocenters. The van der Waals surface area contributed by atoms with E-state index in [9.17, 15) is 0 Å². The van der Waals surface area contributed by atoms with Gasteiger partial charge >= 0.3 is 0 Å². The number of benzene rings is 2. The summed E-state index contributed by atoms with van der Waals surface area (Å²) in [5.74, 6) is 1.10. The van der Waals surface area contributed by atoms with Crippen molar-refractivity contribution < 1.29 is 17.3 Å². The second-order valence-electron chi connectivity index (χ2n) is 7.88. The molecule has 5 rings (SSSR count). The number of hydrogen-bond donors (Lipinski definition) is 1. The summed E-state index contributed by atoms with van der Waals surface area (Å²) in [5.41, 5.74) is 2.78. The fourth-order valence-electron chi connectivity index (χ4n) is 4.57. The Morgan fingerprint density at radius 1 is 0.938 bits per heavy atom.